The quantitative estimate of drug-likeness (QED) is 0.598. The van der Waals surface area contributed by atoms with E-state index in [0.29, 0.717) is 29.6 Å². The predicted octanol–water partition coefficient (Wildman–Crippen LogP) is 3.12. The number of hydrogen-bond acceptors (Lipinski definition) is 6. The Balaban J connectivity index is 1.84. The molecule has 3 aromatic rings. The van der Waals surface area contributed by atoms with Gasteiger partial charge in [-0.2, -0.15) is 4.31 Å². The highest BCUT2D eigenvalue weighted by Crippen LogP contribution is 2.40. The Morgan fingerprint density at radius 1 is 1.23 bits per heavy atom. The van der Waals surface area contributed by atoms with E-state index in [2.05, 4.69) is 9.97 Å². The van der Waals surface area contributed by atoms with E-state index in [0.717, 1.165) is 17.5 Å². The fraction of sp³-hybridized carbons (Fsp3) is 0.350. The van der Waals surface area contributed by atoms with E-state index in [1.807, 2.05) is 32.3 Å². The Kier molecular flexibility index (Phi) is 5.52. The first-order valence-corrected chi connectivity index (χ1v) is 11.4. The number of anilines is 1. The Labute approximate surface area is 181 Å². The van der Waals surface area contributed by atoms with E-state index in [9.17, 15) is 8.42 Å². The molecular formula is C20H23ClN6O2S. The number of aromatic nitrogens is 4. The van der Waals surface area contributed by atoms with Crippen molar-refractivity contribution in [2.75, 3.05) is 25.5 Å². The summed E-state index contributed by atoms with van der Waals surface area (Å²) in [6, 6.07) is 7.01. The van der Waals surface area contributed by atoms with Crippen LogP contribution in [0.1, 0.15) is 24.6 Å². The van der Waals surface area contributed by atoms with Gasteiger partial charge in [0, 0.05) is 50.7 Å². The second-order valence-corrected chi connectivity index (χ2v) is 9.80. The summed E-state index contributed by atoms with van der Waals surface area (Å²) in [4.78, 5) is 15.1. The van der Waals surface area contributed by atoms with Crippen LogP contribution in [0, 0.1) is 0 Å². The molecule has 1 atom stereocenters. The van der Waals surface area contributed by atoms with Gasteiger partial charge >= 0.3 is 0 Å². The van der Waals surface area contributed by atoms with Gasteiger partial charge in [0.25, 0.3) is 10.0 Å². The van der Waals surface area contributed by atoms with Gasteiger partial charge in [-0.15, -0.1) is 0 Å². The second kappa shape index (κ2) is 7.98. The molecule has 10 heteroatoms. The summed E-state index contributed by atoms with van der Waals surface area (Å²) in [5.41, 5.74) is 2.30. The zero-order valence-corrected chi connectivity index (χ0v) is 18.6. The van der Waals surface area contributed by atoms with Gasteiger partial charge in [-0.1, -0.05) is 23.7 Å². The second-order valence-electron chi connectivity index (χ2n) is 7.52. The summed E-state index contributed by atoms with van der Waals surface area (Å²) in [7, 11) is 1.71. The monoisotopic (exact) mass is 446 g/mol. The highest BCUT2D eigenvalue weighted by molar-refractivity contribution is 7.89. The zero-order valence-electron chi connectivity index (χ0n) is 17.0. The molecule has 1 unspecified atom stereocenters. The van der Waals surface area contributed by atoms with Gasteiger partial charge in [0.15, 0.2) is 5.03 Å². The summed E-state index contributed by atoms with van der Waals surface area (Å²) in [6.45, 7) is 0.417. The summed E-state index contributed by atoms with van der Waals surface area (Å²) >= 11 is 6.21. The minimum atomic E-state index is -3.75. The maximum absolute atomic E-state index is 13.3. The maximum atomic E-state index is 13.3. The minimum Gasteiger partial charge on any atom is -0.347 e. The molecule has 3 heterocycles. The standard InChI is InChI=1S/C20H23ClN6O2S/c1-25(2)20-22-11-16(14-6-4-7-15(21)10-14)19(24-20)17-8-5-9-27(17)30(28,29)18-12-26(3)13-23-18/h4,6-7,10-13,17H,5,8-9H2,1-3H3. The first-order valence-electron chi connectivity index (χ1n) is 9.57. The predicted molar refractivity (Wildman–Crippen MR) is 116 cm³/mol. The maximum Gasteiger partial charge on any atom is 0.262 e. The third-order valence-electron chi connectivity index (χ3n) is 5.11. The van der Waals surface area contributed by atoms with Crippen molar-refractivity contribution in [1.29, 1.82) is 0 Å². The van der Waals surface area contributed by atoms with Crippen molar-refractivity contribution < 1.29 is 8.42 Å². The van der Waals surface area contributed by atoms with Crippen LogP contribution < -0.4 is 4.90 Å². The van der Waals surface area contributed by atoms with Gasteiger partial charge in [-0.25, -0.2) is 23.4 Å². The van der Waals surface area contributed by atoms with Gasteiger partial charge in [0.05, 0.1) is 18.1 Å². The molecule has 4 rings (SSSR count). The molecule has 0 bridgehead atoms. The molecule has 2 aromatic heterocycles. The van der Waals surface area contributed by atoms with Gasteiger partial charge in [-0.05, 0) is 30.5 Å². The summed E-state index contributed by atoms with van der Waals surface area (Å²) < 4.78 is 29.8. The number of halogens is 1. The van der Waals surface area contributed by atoms with Gasteiger partial charge in [0.2, 0.25) is 5.95 Å². The number of hydrogen-bond donors (Lipinski definition) is 0. The first-order chi connectivity index (χ1) is 14.3. The molecule has 30 heavy (non-hydrogen) atoms. The minimum absolute atomic E-state index is 0.0445. The fourth-order valence-electron chi connectivity index (χ4n) is 3.68. The van der Waals surface area contributed by atoms with Gasteiger partial charge in [0.1, 0.15) is 0 Å². The molecule has 1 aliphatic heterocycles. The van der Waals surface area contributed by atoms with Crippen LogP contribution in [0.15, 0.2) is 48.0 Å². The molecule has 0 saturated carbocycles. The van der Waals surface area contributed by atoms with Gasteiger partial charge < -0.3 is 9.47 Å². The van der Waals surface area contributed by atoms with Crippen LogP contribution in [-0.4, -0.2) is 52.9 Å². The number of benzene rings is 1. The summed E-state index contributed by atoms with van der Waals surface area (Å²) in [6.07, 6.45) is 6.17. The van der Waals surface area contributed by atoms with Crippen LogP contribution >= 0.6 is 11.6 Å². The van der Waals surface area contributed by atoms with Crippen LogP contribution in [0.4, 0.5) is 5.95 Å². The van der Waals surface area contributed by atoms with Crippen LogP contribution in [0.25, 0.3) is 11.1 Å². The molecule has 158 valence electrons. The molecule has 1 saturated heterocycles. The first kappa shape index (κ1) is 20.8. The lowest BCUT2D eigenvalue weighted by Gasteiger charge is -2.25. The largest absolute Gasteiger partial charge is 0.347 e. The Hall–Kier alpha value is -2.49. The van der Waals surface area contributed by atoms with Crippen LogP contribution in [-0.2, 0) is 17.1 Å². The van der Waals surface area contributed by atoms with Gasteiger partial charge in [-0.3, -0.25) is 0 Å². The molecule has 0 aliphatic carbocycles. The third-order valence-corrected chi connectivity index (χ3v) is 7.14. The lowest BCUT2D eigenvalue weighted by atomic mass is 10.0. The van der Waals surface area contributed by atoms with Crippen LogP contribution in [0.5, 0.6) is 0 Å². The van der Waals surface area contributed by atoms with E-state index in [1.165, 1.54) is 16.8 Å². The molecule has 0 spiro atoms. The Morgan fingerprint density at radius 2 is 2.03 bits per heavy atom. The number of imidazole rings is 1. The average Bonchev–Trinajstić information content (AvgIpc) is 3.37. The summed E-state index contributed by atoms with van der Waals surface area (Å²) in [5, 5.41) is 0.641. The van der Waals surface area contributed by atoms with Crippen LogP contribution in [0.3, 0.4) is 0 Å². The highest BCUT2D eigenvalue weighted by atomic mass is 35.5. The Morgan fingerprint density at radius 3 is 2.70 bits per heavy atom. The van der Waals surface area contributed by atoms with E-state index >= 15 is 0 Å². The normalized spacial score (nSPS) is 17.4. The fourth-order valence-corrected chi connectivity index (χ4v) is 5.50. The summed E-state index contributed by atoms with van der Waals surface area (Å²) in [5.74, 6) is 0.526. The Bertz CT molecular complexity index is 1180. The average molecular weight is 447 g/mol. The van der Waals surface area contributed by atoms with Crippen LogP contribution in [0.2, 0.25) is 5.02 Å². The highest BCUT2D eigenvalue weighted by Gasteiger charge is 2.39. The molecule has 0 radical (unpaired) electrons. The topological polar surface area (TPSA) is 84.2 Å². The number of nitrogens with zero attached hydrogens (tertiary/aromatic N) is 6. The number of sulfonamides is 1. The van der Waals surface area contributed by atoms with E-state index < -0.39 is 16.1 Å². The van der Waals surface area contributed by atoms with Crippen molar-refractivity contribution in [3.05, 3.63) is 53.7 Å². The lowest BCUT2D eigenvalue weighted by molar-refractivity contribution is 0.389. The van der Waals surface area contributed by atoms with Crippen molar-refractivity contribution >= 4 is 27.6 Å². The van der Waals surface area contributed by atoms with Crippen molar-refractivity contribution in [3.63, 3.8) is 0 Å². The molecule has 0 N–H and O–H groups in total. The van der Waals surface area contributed by atoms with E-state index in [1.54, 1.807) is 28.8 Å². The molecule has 0 amide bonds. The molecule has 1 aliphatic rings. The van der Waals surface area contributed by atoms with E-state index in [4.69, 9.17) is 16.6 Å². The van der Waals surface area contributed by atoms with E-state index in [-0.39, 0.29) is 5.03 Å². The van der Waals surface area contributed by atoms with Crippen molar-refractivity contribution in [3.8, 4) is 11.1 Å². The lowest BCUT2D eigenvalue weighted by Crippen LogP contribution is -2.32. The smallest absolute Gasteiger partial charge is 0.262 e. The zero-order chi connectivity index (χ0) is 21.5. The SMILES string of the molecule is CN(C)c1ncc(-c2cccc(Cl)c2)c(C2CCCN2S(=O)(=O)c2cn(C)cn2)n1. The molecule has 1 fully saturated rings. The van der Waals surface area contributed by atoms with Crippen molar-refractivity contribution in [1.82, 2.24) is 23.8 Å². The van der Waals surface area contributed by atoms with Crippen molar-refractivity contribution in [2.45, 2.75) is 23.9 Å². The number of aryl methyl sites for hydroxylation is 1. The number of rotatable bonds is 5. The third kappa shape index (κ3) is 3.80. The van der Waals surface area contributed by atoms with Crippen molar-refractivity contribution in [2.24, 2.45) is 7.05 Å². The molecular weight excluding hydrogens is 424 g/mol. The molecule has 8 nitrogen and oxygen atoms in total. The molecule has 1 aromatic carbocycles.